The third kappa shape index (κ3) is 8.70. The van der Waals surface area contributed by atoms with Gasteiger partial charge in [0.1, 0.15) is 0 Å². The van der Waals surface area contributed by atoms with Gasteiger partial charge in [0.15, 0.2) is 5.96 Å². The van der Waals surface area contributed by atoms with Crippen molar-refractivity contribution in [2.24, 2.45) is 4.99 Å². The molecule has 1 heterocycles. The third-order valence-electron chi connectivity index (χ3n) is 4.14. The molecule has 2 N–H and O–H groups in total. The molecule has 7 heteroatoms. The zero-order valence-corrected chi connectivity index (χ0v) is 18.9. The average molecular weight is 480 g/mol. The van der Waals surface area contributed by atoms with Gasteiger partial charge in [-0.2, -0.15) is 0 Å². The summed E-state index contributed by atoms with van der Waals surface area (Å²) in [6.45, 7) is 9.71. The van der Waals surface area contributed by atoms with Crippen LogP contribution in [-0.2, 0) is 17.7 Å². The molecule has 0 amide bonds. The predicted octanol–water partition coefficient (Wildman–Crippen LogP) is 3.09. The van der Waals surface area contributed by atoms with E-state index in [-0.39, 0.29) is 24.0 Å². The van der Waals surface area contributed by atoms with Gasteiger partial charge in [-0.25, -0.2) is 4.99 Å². The molecule has 1 aliphatic carbocycles. The number of halogens is 1. The molecule has 0 saturated heterocycles. The molecular weight excluding hydrogens is 447 g/mol. The van der Waals surface area contributed by atoms with Crippen molar-refractivity contribution in [3.63, 3.8) is 0 Å². The standard InChI is InChI=1S/C18H32N4OS.HI/c1-4-16-8-9-17(24-16)14-21-18(19-5-2)20-10-11-22(12-13-23-3)15-6-7-15;/h8-9,15H,4-7,10-14H2,1-3H3,(H2,19,20,21);1H. The molecule has 1 fully saturated rings. The predicted molar refractivity (Wildman–Crippen MR) is 118 cm³/mol. The molecule has 1 aromatic rings. The summed E-state index contributed by atoms with van der Waals surface area (Å²) in [5, 5.41) is 6.80. The normalized spacial score (nSPS) is 14.5. The van der Waals surface area contributed by atoms with Gasteiger partial charge < -0.3 is 15.4 Å². The molecule has 1 aromatic heterocycles. The Labute approximate surface area is 173 Å². The van der Waals surface area contributed by atoms with Crippen molar-refractivity contribution < 1.29 is 4.74 Å². The van der Waals surface area contributed by atoms with Crippen LogP contribution in [0.25, 0.3) is 0 Å². The zero-order chi connectivity index (χ0) is 17.2. The van der Waals surface area contributed by atoms with Crippen LogP contribution in [0, 0.1) is 0 Å². The first-order chi connectivity index (χ1) is 11.8. The summed E-state index contributed by atoms with van der Waals surface area (Å²) in [6, 6.07) is 5.16. The molecule has 0 aliphatic heterocycles. The minimum absolute atomic E-state index is 0. The van der Waals surface area contributed by atoms with Gasteiger partial charge >= 0.3 is 0 Å². The van der Waals surface area contributed by atoms with E-state index in [1.807, 2.05) is 11.3 Å². The Hall–Kier alpha value is -0.380. The maximum absolute atomic E-state index is 5.22. The minimum Gasteiger partial charge on any atom is -0.383 e. The Balaban J connectivity index is 0.00000312. The van der Waals surface area contributed by atoms with Gasteiger partial charge in [-0.15, -0.1) is 35.3 Å². The Bertz CT molecular complexity index is 505. The van der Waals surface area contributed by atoms with Crippen molar-refractivity contribution in [3.05, 3.63) is 21.9 Å². The highest BCUT2D eigenvalue weighted by atomic mass is 127. The minimum atomic E-state index is 0. The number of aliphatic imine (C=N–C) groups is 1. The van der Waals surface area contributed by atoms with Crippen LogP contribution in [0.3, 0.4) is 0 Å². The van der Waals surface area contributed by atoms with Gasteiger partial charge in [0.05, 0.1) is 13.2 Å². The largest absolute Gasteiger partial charge is 0.383 e. The second kappa shape index (κ2) is 12.9. The maximum Gasteiger partial charge on any atom is 0.191 e. The lowest BCUT2D eigenvalue weighted by Gasteiger charge is -2.22. The van der Waals surface area contributed by atoms with Crippen LogP contribution < -0.4 is 10.6 Å². The van der Waals surface area contributed by atoms with Crippen LogP contribution in [0.15, 0.2) is 17.1 Å². The molecule has 25 heavy (non-hydrogen) atoms. The first-order valence-electron chi connectivity index (χ1n) is 9.09. The van der Waals surface area contributed by atoms with Crippen molar-refractivity contribution in [2.45, 2.75) is 45.7 Å². The van der Waals surface area contributed by atoms with Crippen LogP contribution in [-0.4, -0.2) is 56.8 Å². The molecule has 0 bridgehead atoms. The number of thiophene rings is 1. The van der Waals surface area contributed by atoms with E-state index in [0.717, 1.165) is 57.8 Å². The van der Waals surface area contributed by atoms with E-state index in [2.05, 4.69) is 41.5 Å². The van der Waals surface area contributed by atoms with Crippen molar-refractivity contribution in [1.29, 1.82) is 0 Å². The average Bonchev–Trinajstić information content (AvgIpc) is 3.33. The Morgan fingerprint density at radius 3 is 2.60 bits per heavy atom. The second-order valence-corrected chi connectivity index (χ2v) is 7.36. The monoisotopic (exact) mass is 480 g/mol. The maximum atomic E-state index is 5.22. The first-order valence-corrected chi connectivity index (χ1v) is 9.91. The first kappa shape index (κ1) is 22.7. The fourth-order valence-electron chi connectivity index (χ4n) is 2.64. The molecule has 5 nitrogen and oxygen atoms in total. The van der Waals surface area contributed by atoms with Gasteiger partial charge in [0.25, 0.3) is 0 Å². The topological polar surface area (TPSA) is 48.9 Å². The smallest absolute Gasteiger partial charge is 0.191 e. The Kier molecular flexibility index (Phi) is 11.7. The summed E-state index contributed by atoms with van der Waals surface area (Å²) in [6.07, 6.45) is 3.76. The lowest BCUT2D eigenvalue weighted by atomic mass is 10.4. The fraction of sp³-hybridized carbons (Fsp3) is 0.722. The van der Waals surface area contributed by atoms with Crippen LogP contribution in [0.4, 0.5) is 0 Å². The second-order valence-electron chi connectivity index (χ2n) is 6.10. The number of hydrogen-bond acceptors (Lipinski definition) is 4. The van der Waals surface area contributed by atoms with E-state index in [1.165, 1.54) is 22.6 Å². The summed E-state index contributed by atoms with van der Waals surface area (Å²) in [5.41, 5.74) is 0. The number of methoxy groups -OCH3 is 1. The van der Waals surface area contributed by atoms with Crippen LogP contribution in [0.5, 0.6) is 0 Å². The molecule has 1 saturated carbocycles. The number of ether oxygens (including phenoxy) is 1. The van der Waals surface area contributed by atoms with Crippen molar-refractivity contribution in [1.82, 2.24) is 15.5 Å². The number of aryl methyl sites for hydroxylation is 1. The third-order valence-corrected chi connectivity index (χ3v) is 5.35. The number of rotatable bonds is 11. The van der Waals surface area contributed by atoms with E-state index in [4.69, 9.17) is 9.73 Å². The zero-order valence-electron chi connectivity index (χ0n) is 15.7. The number of nitrogens with zero attached hydrogens (tertiary/aromatic N) is 2. The molecule has 2 rings (SSSR count). The quantitative estimate of drug-likeness (QED) is 0.291. The lowest BCUT2D eigenvalue weighted by Crippen LogP contribution is -2.42. The van der Waals surface area contributed by atoms with Crippen LogP contribution in [0.1, 0.15) is 36.4 Å². The van der Waals surface area contributed by atoms with Gasteiger partial charge in [0, 0.05) is 49.1 Å². The van der Waals surface area contributed by atoms with Crippen LogP contribution in [0.2, 0.25) is 0 Å². The van der Waals surface area contributed by atoms with Crippen molar-refractivity contribution in [2.75, 3.05) is 39.9 Å². The number of guanidine groups is 1. The molecular formula is C18H33IN4OS. The summed E-state index contributed by atoms with van der Waals surface area (Å²) in [4.78, 5) is 9.98. The molecule has 0 radical (unpaired) electrons. The highest BCUT2D eigenvalue weighted by Crippen LogP contribution is 2.26. The van der Waals surface area contributed by atoms with Crippen molar-refractivity contribution in [3.8, 4) is 0 Å². The molecule has 144 valence electrons. The van der Waals surface area contributed by atoms with E-state index < -0.39 is 0 Å². The summed E-state index contributed by atoms with van der Waals surface area (Å²) >= 11 is 1.86. The number of hydrogen-bond donors (Lipinski definition) is 2. The highest BCUT2D eigenvalue weighted by molar-refractivity contribution is 14.0. The Morgan fingerprint density at radius 1 is 1.24 bits per heavy atom. The van der Waals surface area contributed by atoms with E-state index in [1.54, 1.807) is 7.11 Å². The SMILES string of the molecule is CCNC(=NCc1ccc(CC)s1)NCCN(CCOC)C1CC1.I. The van der Waals surface area contributed by atoms with Crippen LogP contribution >= 0.6 is 35.3 Å². The molecule has 0 atom stereocenters. The van der Waals surface area contributed by atoms with Gasteiger partial charge in [-0.1, -0.05) is 6.92 Å². The van der Waals surface area contributed by atoms with E-state index in [9.17, 15) is 0 Å². The molecule has 0 unspecified atom stereocenters. The van der Waals surface area contributed by atoms with E-state index >= 15 is 0 Å². The molecule has 0 aromatic carbocycles. The molecule has 1 aliphatic rings. The highest BCUT2D eigenvalue weighted by Gasteiger charge is 2.28. The molecule has 0 spiro atoms. The van der Waals surface area contributed by atoms with Crippen molar-refractivity contribution >= 4 is 41.3 Å². The Morgan fingerprint density at radius 2 is 2.00 bits per heavy atom. The summed E-state index contributed by atoms with van der Waals surface area (Å²) in [7, 11) is 1.77. The van der Waals surface area contributed by atoms with Gasteiger partial charge in [0.2, 0.25) is 0 Å². The fourth-order valence-corrected chi connectivity index (χ4v) is 3.52. The lowest BCUT2D eigenvalue weighted by molar-refractivity contribution is 0.144. The van der Waals surface area contributed by atoms with Gasteiger partial charge in [-0.3, -0.25) is 4.90 Å². The van der Waals surface area contributed by atoms with Gasteiger partial charge in [-0.05, 0) is 38.3 Å². The summed E-state index contributed by atoms with van der Waals surface area (Å²) in [5.74, 6) is 0.909. The number of nitrogens with one attached hydrogen (secondary N) is 2. The summed E-state index contributed by atoms with van der Waals surface area (Å²) < 4.78 is 5.22. The van der Waals surface area contributed by atoms with E-state index in [0.29, 0.717) is 0 Å².